The van der Waals surface area contributed by atoms with Gasteiger partial charge in [-0.3, -0.25) is 0 Å². The summed E-state index contributed by atoms with van der Waals surface area (Å²) in [6, 6.07) is 13.5. The summed E-state index contributed by atoms with van der Waals surface area (Å²) < 4.78 is 19.4. The lowest BCUT2D eigenvalue weighted by Gasteiger charge is -2.31. The van der Waals surface area contributed by atoms with Crippen molar-refractivity contribution in [3.8, 4) is 5.75 Å². The van der Waals surface area contributed by atoms with Crippen LogP contribution in [0.4, 0.5) is 4.39 Å². The number of aliphatic hydroxyl groups is 2. The molecular formula is C17H19FO3. The maximum absolute atomic E-state index is 14.1. The number of aliphatic hydroxyl groups excluding tert-OH is 2. The van der Waals surface area contributed by atoms with Crippen molar-refractivity contribution in [3.63, 3.8) is 0 Å². The van der Waals surface area contributed by atoms with E-state index in [0.717, 1.165) is 5.56 Å². The molecule has 0 bridgehead atoms. The van der Waals surface area contributed by atoms with Crippen LogP contribution in [-0.2, 0) is 11.8 Å². The van der Waals surface area contributed by atoms with E-state index in [4.69, 9.17) is 4.74 Å². The molecule has 0 heterocycles. The van der Waals surface area contributed by atoms with Crippen molar-refractivity contribution in [2.75, 3.05) is 20.3 Å². The van der Waals surface area contributed by atoms with Crippen LogP contribution in [0.3, 0.4) is 0 Å². The van der Waals surface area contributed by atoms with E-state index < -0.39 is 11.2 Å². The number of methoxy groups -OCH3 is 1. The molecule has 21 heavy (non-hydrogen) atoms. The van der Waals surface area contributed by atoms with Crippen LogP contribution in [0.1, 0.15) is 11.1 Å². The molecule has 0 aliphatic heterocycles. The van der Waals surface area contributed by atoms with Gasteiger partial charge in [-0.2, -0.15) is 0 Å². The highest BCUT2D eigenvalue weighted by Gasteiger charge is 2.34. The standard InChI is InChI=1S/C17H19FO3/c1-21-16-9-5-2-6-13(16)10-17(11-19,12-20)14-7-3-4-8-15(14)18/h2-9,19-20H,10-12H2,1H3. The van der Waals surface area contributed by atoms with Gasteiger partial charge >= 0.3 is 0 Å². The Hall–Kier alpha value is -1.91. The summed E-state index contributed by atoms with van der Waals surface area (Å²) >= 11 is 0. The highest BCUT2D eigenvalue weighted by molar-refractivity contribution is 5.38. The van der Waals surface area contributed by atoms with Gasteiger partial charge in [-0.15, -0.1) is 0 Å². The van der Waals surface area contributed by atoms with Gasteiger partial charge in [0.05, 0.1) is 20.3 Å². The van der Waals surface area contributed by atoms with Crippen LogP contribution in [0.5, 0.6) is 5.75 Å². The highest BCUT2D eigenvalue weighted by atomic mass is 19.1. The SMILES string of the molecule is COc1ccccc1CC(CO)(CO)c1ccccc1F. The van der Waals surface area contributed by atoms with E-state index in [1.165, 1.54) is 6.07 Å². The Labute approximate surface area is 123 Å². The zero-order valence-corrected chi connectivity index (χ0v) is 11.9. The summed E-state index contributed by atoms with van der Waals surface area (Å²) in [5.74, 6) is 0.218. The van der Waals surface area contributed by atoms with E-state index in [1.807, 2.05) is 18.2 Å². The first-order valence-electron chi connectivity index (χ1n) is 6.75. The van der Waals surface area contributed by atoms with Crippen LogP contribution >= 0.6 is 0 Å². The lowest BCUT2D eigenvalue weighted by atomic mass is 9.76. The summed E-state index contributed by atoms with van der Waals surface area (Å²) in [6.45, 7) is -0.717. The smallest absolute Gasteiger partial charge is 0.127 e. The van der Waals surface area contributed by atoms with Crippen molar-refractivity contribution in [1.82, 2.24) is 0 Å². The zero-order valence-electron chi connectivity index (χ0n) is 11.9. The second-order valence-electron chi connectivity index (χ2n) is 5.07. The van der Waals surface area contributed by atoms with Gasteiger partial charge in [-0.25, -0.2) is 4.39 Å². The van der Waals surface area contributed by atoms with Crippen molar-refractivity contribution < 1.29 is 19.3 Å². The average Bonchev–Trinajstić information content (AvgIpc) is 2.54. The van der Waals surface area contributed by atoms with Crippen molar-refractivity contribution in [2.24, 2.45) is 0 Å². The lowest BCUT2D eigenvalue weighted by molar-refractivity contribution is 0.113. The molecule has 0 atom stereocenters. The van der Waals surface area contributed by atoms with E-state index in [9.17, 15) is 14.6 Å². The Balaban J connectivity index is 2.46. The van der Waals surface area contributed by atoms with Gasteiger partial charge in [0.1, 0.15) is 11.6 Å². The fourth-order valence-electron chi connectivity index (χ4n) is 2.53. The number of ether oxygens (including phenoxy) is 1. The molecule has 0 radical (unpaired) electrons. The van der Waals surface area contributed by atoms with Gasteiger partial charge in [-0.05, 0) is 29.7 Å². The van der Waals surface area contributed by atoms with Crippen LogP contribution in [0.2, 0.25) is 0 Å². The van der Waals surface area contributed by atoms with Gasteiger partial charge < -0.3 is 14.9 Å². The van der Waals surface area contributed by atoms with Crippen molar-refractivity contribution >= 4 is 0 Å². The molecule has 0 saturated heterocycles. The van der Waals surface area contributed by atoms with E-state index >= 15 is 0 Å². The molecule has 0 aliphatic rings. The second kappa shape index (κ2) is 6.70. The van der Waals surface area contributed by atoms with Crippen molar-refractivity contribution in [2.45, 2.75) is 11.8 Å². The Kier molecular flexibility index (Phi) is 4.94. The molecular weight excluding hydrogens is 271 g/mol. The number of halogens is 1. The maximum atomic E-state index is 14.1. The Morgan fingerprint density at radius 3 is 2.24 bits per heavy atom. The maximum Gasteiger partial charge on any atom is 0.127 e. The summed E-state index contributed by atoms with van der Waals surface area (Å²) in [6.07, 6.45) is 0.283. The second-order valence-corrected chi connectivity index (χ2v) is 5.07. The third-order valence-corrected chi connectivity index (χ3v) is 3.77. The topological polar surface area (TPSA) is 49.7 Å². The highest BCUT2D eigenvalue weighted by Crippen LogP contribution is 2.33. The van der Waals surface area contributed by atoms with Crippen LogP contribution in [-0.4, -0.2) is 30.5 Å². The van der Waals surface area contributed by atoms with E-state index in [2.05, 4.69) is 0 Å². The number of benzene rings is 2. The summed E-state index contributed by atoms with van der Waals surface area (Å²) in [7, 11) is 1.56. The average molecular weight is 290 g/mol. The lowest BCUT2D eigenvalue weighted by Crippen LogP contribution is -2.38. The van der Waals surface area contributed by atoms with E-state index in [0.29, 0.717) is 11.3 Å². The number of hydrogen-bond donors (Lipinski definition) is 2. The molecule has 0 unspecified atom stereocenters. The molecule has 2 rings (SSSR count). The molecule has 0 aliphatic carbocycles. The Bertz CT molecular complexity index is 594. The van der Waals surface area contributed by atoms with Gasteiger partial charge in [0.2, 0.25) is 0 Å². The monoisotopic (exact) mass is 290 g/mol. The molecule has 0 amide bonds. The zero-order chi connectivity index (χ0) is 15.3. The van der Waals surface area contributed by atoms with E-state index in [-0.39, 0.29) is 19.6 Å². The Morgan fingerprint density at radius 1 is 1.00 bits per heavy atom. The fourth-order valence-corrected chi connectivity index (χ4v) is 2.53. The third kappa shape index (κ3) is 3.06. The minimum atomic E-state index is -1.08. The third-order valence-electron chi connectivity index (χ3n) is 3.77. The first-order valence-corrected chi connectivity index (χ1v) is 6.75. The number of para-hydroxylation sites is 1. The summed E-state index contributed by atoms with van der Waals surface area (Å²) in [5, 5.41) is 19.6. The minimum Gasteiger partial charge on any atom is -0.496 e. The predicted octanol–water partition coefficient (Wildman–Crippen LogP) is 2.30. The molecule has 3 nitrogen and oxygen atoms in total. The predicted molar refractivity (Wildman–Crippen MR) is 78.9 cm³/mol. The summed E-state index contributed by atoms with van der Waals surface area (Å²) in [5.41, 5.74) is 0.0345. The number of hydrogen-bond acceptors (Lipinski definition) is 3. The van der Waals surface area contributed by atoms with Crippen molar-refractivity contribution in [3.05, 3.63) is 65.5 Å². The van der Waals surface area contributed by atoms with Gasteiger partial charge in [-0.1, -0.05) is 36.4 Å². The Morgan fingerprint density at radius 2 is 1.62 bits per heavy atom. The molecule has 4 heteroatoms. The van der Waals surface area contributed by atoms with Gasteiger partial charge in [0.15, 0.2) is 0 Å². The number of rotatable bonds is 6. The molecule has 2 N–H and O–H groups in total. The first-order chi connectivity index (χ1) is 10.2. The van der Waals surface area contributed by atoms with Crippen LogP contribution in [0.15, 0.2) is 48.5 Å². The molecule has 0 spiro atoms. The van der Waals surface area contributed by atoms with E-state index in [1.54, 1.807) is 31.4 Å². The van der Waals surface area contributed by atoms with Gasteiger partial charge in [0.25, 0.3) is 0 Å². The first kappa shape index (κ1) is 15.5. The molecule has 2 aromatic rings. The largest absolute Gasteiger partial charge is 0.496 e. The van der Waals surface area contributed by atoms with Crippen molar-refractivity contribution in [1.29, 1.82) is 0 Å². The quantitative estimate of drug-likeness (QED) is 0.858. The summed E-state index contributed by atoms with van der Waals surface area (Å²) in [4.78, 5) is 0. The van der Waals surface area contributed by atoms with Gasteiger partial charge in [0, 0.05) is 5.41 Å². The normalized spacial score (nSPS) is 11.4. The molecule has 0 saturated carbocycles. The van der Waals surface area contributed by atoms with Crippen LogP contribution in [0.25, 0.3) is 0 Å². The minimum absolute atomic E-state index is 0.283. The molecule has 0 aromatic heterocycles. The molecule has 112 valence electrons. The fraction of sp³-hybridized carbons (Fsp3) is 0.294. The van der Waals surface area contributed by atoms with Crippen LogP contribution < -0.4 is 4.74 Å². The molecule has 2 aromatic carbocycles. The van der Waals surface area contributed by atoms with Crippen LogP contribution in [0, 0.1) is 5.82 Å². The molecule has 0 fully saturated rings.